The molecule has 0 radical (unpaired) electrons. The molecule has 2 aromatic rings. The number of anilines is 1. The molecule has 2 heterocycles. The standard InChI is InChI=1S/C22H21N3O5S/c23-14-16-8-10-17(11-9-16)25-21(26)13-20(22(25)27)24(15-18-5-4-12-30-18)31(28,29)19-6-2-1-3-7-19/h1-3,6-11,18,20H,4-5,12-13,15H2. The highest BCUT2D eigenvalue weighted by Gasteiger charge is 2.47. The number of ether oxygens (including phenoxy) is 1. The highest BCUT2D eigenvalue weighted by molar-refractivity contribution is 7.89. The number of sulfonamides is 1. The van der Waals surface area contributed by atoms with Gasteiger partial charge in [0, 0.05) is 13.2 Å². The predicted molar refractivity (Wildman–Crippen MR) is 111 cm³/mol. The van der Waals surface area contributed by atoms with Crippen molar-refractivity contribution >= 4 is 27.5 Å². The summed E-state index contributed by atoms with van der Waals surface area (Å²) in [4.78, 5) is 27.1. The van der Waals surface area contributed by atoms with E-state index in [0.29, 0.717) is 24.3 Å². The van der Waals surface area contributed by atoms with E-state index in [0.717, 1.165) is 15.6 Å². The fourth-order valence-electron chi connectivity index (χ4n) is 3.91. The van der Waals surface area contributed by atoms with Crippen molar-refractivity contribution in [1.29, 1.82) is 5.26 Å². The van der Waals surface area contributed by atoms with Crippen LogP contribution in [0.25, 0.3) is 0 Å². The lowest BCUT2D eigenvalue weighted by Crippen LogP contribution is -2.48. The normalized spacial score (nSPS) is 21.6. The van der Waals surface area contributed by atoms with Crippen LogP contribution in [0.15, 0.2) is 59.5 Å². The van der Waals surface area contributed by atoms with E-state index in [-0.39, 0.29) is 24.0 Å². The summed E-state index contributed by atoms with van der Waals surface area (Å²) in [5.74, 6) is -1.09. The molecule has 160 valence electrons. The molecule has 2 fully saturated rings. The Morgan fingerprint density at radius 3 is 2.42 bits per heavy atom. The molecule has 0 spiro atoms. The summed E-state index contributed by atoms with van der Waals surface area (Å²) in [6, 6.07) is 14.7. The summed E-state index contributed by atoms with van der Waals surface area (Å²) < 4.78 is 33.6. The van der Waals surface area contributed by atoms with Crippen LogP contribution < -0.4 is 4.90 Å². The van der Waals surface area contributed by atoms with Crippen LogP contribution in [0.1, 0.15) is 24.8 Å². The maximum Gasteiger partial charge on any atom is 0.252 e. The number of nitrogens with zero attached hydrogens (tertiary/aromatic N) is 3. The van der Waals surface area contributed by atoms with Gasteiger partial charge in [0.2, 0.25) is 15.9 Å². The zero-order chi connectivity index (χ0) is 22.0. The van der Waals surface area contributed by atoms with Crippen LogP contribution in [0.4, 0.5) is 5.69 Å². The first-order chi connectivity index (χ1) is 14.9. The van der Waals surface area contributed by atoms with E-state index in [1.165, 1.54) is 36.4 Å². The fraction of sp³-hybridized carbons (Fsp3) is 0.318. The third-order valence-corrected chi connectivity index (χ3v) is 7.37. The van der Waals surface area contributed by atoms with E-state index in [1.54, 1.807) is 18.2 Å². The number of nitriles is 1. The second kappa shape index (κ2) is 8.59. The number of amides is 2. The van der Waals surface area contributed by atoms with Gasteiger partial charge in [-0.3, -0.25) is 9.59 Å². The number of hydrogen-bond donors (Lipinski definition) is 0. The van der Waals surface area contributed by atoms with Crippen molar-refractivity contribution in [3.8, 4) is 6.07 Å². The predicted octanol–water partition coefficient (Wildman–Crippen LogP) is 2.06. The van der Waals surface area contributed by atoms with E-state index in [9.17, 15) is 18.0 Å². The Hall–Kier alpha value is -3.06. The molecule has 31 heavy (non-hydrogen) atoms. The van der Waals surface area contributed by atoms with Crippen LogP contribution in [0.5, 0.6) is 0 Å². The van der Waals surface area contributed by atoms with E-state index in [4.69, 9.17) is 10.00 Å². The van der Waals surface area contributed by atoms with Gasteiger partial charge in [-0.15, -0.1) is 0 Å². The van der Waals surface area contributed by atoms with E-state index in [2.05, 4.69) is 0 Å². The first kappa shape index (κ1) is 21.2. The van der Waals surface area contributed by atoms with Gasteiger partial charge in [-0.05, 0) is 49.2 Å². The number of carbonyl (C=O) groups is 2. The molecule has 0 saturated carbocycles. The SMILES string of the molecule is N#Cc1ccc(N2C(=O)CC(N(CC3CCCO3)S(=O)(=O)c3ccccc3)C2=O)cc1. The molecule has 9 heteroatoms. The molecule has 2 unspecified atom stereocenters. The van der Waals surface area contributed by atoms with Crippen LogP contribution in [0.2, 0.25) is 0 Å². The summed E-state index contributed by atoms with van der Waals surface area (Å²) in [5, 5.41) is 8.96. The lowest BCUT2D eigenvalue weighted by molar-refractivity contribution is -0.122. The summed E-state index contributed by atoms with van der Waals surface area (Å²) in [6.07, 6.45) is 0.927. The minimum Gasteiger partial charge on any atom is -0.377 e. The minimum atomic E-state index is -4.03. The number of carbonyl (C=O) groups excluding carboxylic acids is 2. The largest absolute Gasteiger partial charge is 0.377 e. The van der Waals surface area contributed by atoms with Crippen LogP contribution in [0.3, 0.4) is 0 Å². The Kier molecular flexibility index (Phi) is 5.87. The van der Waals surface area contributed by atoms with Gasteiger partial charge >= 0.3 is 0 Å². The van der Waals surface area contributed by atoms with Gasteiger partial charge in [0.15, 0.2) is 0 Å². The Balaban J connectivity index is 1.68. The molecule has 2 aromatic carbocycles. The molecule has 0 N–H and O–H groups in total. The van der Waals surface area contributed by atoms with Crippen molar-refractivity contribution in [2.24, 2.45) is 0 Å². The number of hydrogen-bond acceptors (Lipinski definition) is 6. The average Bonchev–Trinajstić information content (AvgIpc) is 3.40. The third-order valence-electron chi connectivity index (χ3n) is 5.48. The van der Waals surface area contributed by atoms with Gasteiger partial charge < -0.3 is 4.74 Å². The zero-order valence-electron chi connectivity index (χ0n) is 16.7. The van der Waals surface area contributed by atoms with Crippen molar-refractivity contribution in [2.75, 3.05) is 18.1 Å². The van der Waals surface area contributed by atoms with Crippen molar-refractivity contribution in [3.63, 3.8) is 0 Å². The van der Waals surface area contributed by atoms with Crippen LogP contribution in [0, 0.1) is 11.3 Å². The molecule has 8 nitrogen and oxygen atoms in total. The summed E-state index contributed by atoms with van der Waals surface area (Å²) in [5.41, 5.74) is 0.705. The van der Waals surface area contributed by atoms with Crippen molar-refractivity contribution in [1.82, 2.24) is 4.31 Å². The highest BCUT2D eigenvalue weighted by atomic mass is 32.2. The quantitative estimate of drug-likeness (QED) is 0.638. The third kappa shape index (κ3) is 4.10. The molecular weight excluding hydrogens is 418 g/mol. The molecule has 0 bridgehead atoms. The summed E-state index contributed by atoms with van der Waals surface area (Å²) in [6.45, 7) is 0.543. The molecule has 0 aromatic heterocycles. The Morgan fingerprint density at radius 2 is 1.81 bits per heavy atom. The van der Waals surface area contributed by atoms with E-state index in [1.807, 2.05) is 6.07 Å². The average molecular weight is 439 g/mol. The number of rotatable bonds is 6. The molecule has 2 aliphatic rings. The van der Waals surface area contributed by atoms with E-state index < -0.39 is 27.9 Å². The maximum absolute atomic E-state index is 13.4. The smallest absolute Gasteiger partial charge is 0.252 e. The Labute approximate surface area is 180 Å². The number of benzene rings is 2. The van der Waals surface area contributed by atoms with Crippen molar-refractivity contribution in [2.45, 2.75) is 36.3 Å². The van der Waals surface area contributed by atoms with Gasteiger partial charge in [0.1, 0.15) is 6.04 Å². The minimum absolute atomic E-state index is 0.00211. The van der Waals surface area contributed by atoms with Crippen molar-refractivity contribution in [3.05, 3.63) is 60.2 Å². The van der Waals surface area contributed by atoms with Gasteiger partial charge in [-0.25, -0.2) is 13.3 Å². The highest BCUT2D eigenvalue weighted by Crippen LogP contribution is 2.30. The molecule has 2 amide bonds. The first-order valence-electron chi connectivity index (χ1n) is 9.97. The van der Waals surface area contributed by atoms with Gasteiger partial charge in [0.25, 0.3) is 5.91 Å². The first-order valence-corrected chi connectivity index (χ1v) is 11.4. The summed E-state index contributed by atoms with van der Waals surface area (Å²) in [7, 11) is -4.03. The monoisotopic (exact) mass is 439 g/mol. The van der Waals surface area contributed by atoms with Gasteiger partial charge in [-0.1, -0.05) is 18.2 Å². The molecule has 2 aliphatic heterocycles. The number of imide groups is 1. The van der Waals surface area contributed by atoms with Crippen molar-refractivity contribution < 1.29 is 22.7 Å². The Morgan fingerprint density at radius 1 is 1.10 bits per heavy atom. The maximum atomic E-state index is 13.4. The second-order valence-electron chi connectivity index (χ2n) is 7.47. The lowest BCUT2D eigenvalue weighted by atomic mass is 10.2. The molecule has 0 aliphatic carbocycles. The van der Waals surface area contributed by atoms with Crippen LogP contribution >= 0.6 is 0 Å². The van der Waals surface area contributed by atoms with Gasteiger partial charge in [0.05, 0.1) is 34.7 Å². The zero-order valence-corrected chi connectivity index (χ0v) is 17.5. The Bertz CT molecular complexity index is 1120. The summed E-state index contributed by atoms with van der Waals surface area (Å²) >= 11 is 0. The fourth-order valence-corrected chi connectivity index (χ4v) is 5.54. The van der Waals surface area contributed by atoms with Crippen LogP contribution in [-0.4, -0.2) is 49.8 Å². The molecular formula is C22H21N3O5S. The van der Waals surface area contributed by atoms with Crippen LogP contribution in [-0.2, 0) is 24.3 Å². The molecule has 4 rings (SSSR count). The second-order valence-corrected chi connectivity index (χ2v) is 9.36. The lowest BCUT2D eigenvalue weighted by Gasteiger charge is -2.28. The topological polar surface area (TPSA) is 108 Å². The molecule has 2 saturated heterocycles. The molecule has 2 atom stereocenters. The van der Waals surface area contributed by atoms with Gasteiger partial charge in [-0.2, -0.15) is 9.57 Å². The van der Waals surface area contributed by atoms with E-state index >= 15 is 0 Å².